The summed E-state index contributed by atoms with van der Waals surface area (Å²) in [6.07, 6.45) is 1.90. The number of amides is 1. The number of benzene rings is 1. The van der Waals surface area contributed by atoms with Gasteiger partial charge < -0.3 is 9.84 Å². The Morgan fingerprint density at radius 1 is 1.25 bits per heavy atom. The SMILES string of the molecule is Cc1ccc(-c2cc(C(=O)N[C@H](C)c3cn(C)nc3C)no2)cc1. The number of carbonyl (C=O) groups is 1. The first kappa shape index (κ1) is 16.0. The third-order valence-corrected chi connectivity index (χ3v) is 3.94. The van der Waals surface area contributed by atoms with E-state index in [1.165, 1.54) is 0 Å². The highest BCUT2D eigenvalue weighted by molar-refractivity contribution is 5.93. The van der Waals surface area contributed by atoms with Gasteiger partial charge in [0.1, 0.15) is 0 Å². The van der Waals surface area contributed by atoms with Crippen molar-refractivity contribution in [3.05, 3.63) is 59.0 Å². The van der Waals surface area contributed by atoms with Crippen LogP contribution in [0.3, 0.4) is 0 Å². The summed E-state index contributed by atoms with van der Waals surface area (Å²) in [6.45, 7) is 5.86. The highest BCUT2D eigenvalue weighted by atomic mass is 16.5. The van der Waals surface area contributed by atoms with Crippen molar-refractivity contribution in [1.82, 2.24) is 20.3 Å². The molecule has 0 fully saturated rings. The number of aromatic nitrogens is 3. The Bertz CT molecular complexity index is 862. The van der Waals surface area contributed by atoms with Crippen LogP contribution in [0, 0.1) is 13.8 Å². The van der Waals surface area contributed by atoms with Crippen LogP contribution in [0.1, 0.15) is 40.3 Å². The van der Waals surface area contributed by atoms with E-state index in [-0.39, 0.29) is 17.6 Å². The number of hydrogen-bond donors (Lipinski definition) is 1. The van der Waals surface area contributed by atoms with Gasteiger partial charge in [0.05, 0.1) is 11.7 Å². The smallest absolute Gasteiger partial charge is 0.273 e. The van der Waals surface area contributed by atoms with Crippen molar-refractivity contribution >= 4 is 5.91 Å². The normalized spacial score (nSPS) is 12.2. The molecule has 2 heterocycles. The van der Waals surface area contributed by atoms with Gasteiger partial charge in [-0.1, -0.05) is 35.0 Å². The Kier molecular flexibility index (Phi) is 4.20. The Morgan fingerprint density at radius 3 is 2.58 bits per heavy atom. The lowest BCUT2D eigenvalue weighted by molar-refractivity contribution is 0.0930. The van der Waals surface area contributed by atoms with E-state index in [1.54, 1.807) is 10.7 Å². The first-order valence-electron chi connectivity index (χ1n) is 7.79. The molecule has 3 aromatic rings. The van der Waals surface area contributed by atoms with Gasteiger partial charge in [-0.05, 0) is 20.8 Å². The summed E-state index contributed by atoms with van der Waals surface area (Å²) in [6, 6.07) is 9.36. The molecule has 1 amide bonds. The molecule has 0 spiro atoms. The Morgan fingerprint density at radius 2 is 1.96 bits per heavy atom. The van der Waals surface area contributed by atoms with Crippen molar-refractivity contribution < 1.29 is 9.32 Å². The molecule has 124 valence electrons. The lowest BCUT2D eigenvalue weighted by Crippen LogP contribution is -2.27. The van der Waals surface area contributed by atoms with Gasteiger partial charge in [0.25, 0.3) is 5.91 Å². The van der Waals surface area contributed by atoms with Crippen LogP contribution in [0.25, 0.3) is 11.3 Å². The minimum atomic E-state index is -0.270. The third-order valence-electron chi connectivity index (χ3n) is 3.94. The largest absolute Gasteiger partial charge is 0.355 e. The molecule has 1 N–H and O–H groups in total. The maximum atomic E-state index is 12.4. The van der Waals surface area contributed by atoms with E-state index < -0.39 is 0 Å². The topological polar surface area (TPSA) is 73.0 Å². The minimum Gasteiger partial charge on any atom is -0.355 e. The van der Waals surface area contributed by atoms with Crippen molar-refractivity contribution in [3.63, 3.8) is 0 Å². The summed E-state index contributed by atoms with van der Waals surface area (Å²) < 4.78 is 7.03. The first-order valence-corrected chi connectivity index (χ1v) is 7.79. The van der Waals surface area contributed by atoms with Gasteiger partial charge in [0.2, 0.25) is 0 Å². The van der Waals surface area contributed by atoms with Crippen molar-refractivity contribution in [2.45, 2.75) is 26.8 Å². The van der Waals surface area contributed by atoms with E-state index in [2.05, 4.69) is 15.6 Å². The van der Waals surface area contributed by atoms with Crippen molar-refractivity contribution in [2.75, 3.05) is 0 Å². The Labute approximate surface area is 140 Å². The summed E-state index contributed by atoms with van der Waals surface area (Å²) in [5.41, 5.74) is 4.19. The predicted molar refractivity (Wildman–Crippen MR) is 90.5 cm³/mol. The molecule has 0 bridgehead atoms. The number of hydrogen-bond acceptors (Lipinski definition) is 4. The fourth-order valence-electron chi connectivity index (χ4n) is 2.63. The number of nitrogens with zero attached hydrogens (tertiary/aromatic N) is 3. The van der Waals surface area contributed by atoms with Crippen LogP contribution in [0.15, 0.2) is 41.1 Å². The van der Waals surface area contributed by atoms with Crippen molar-refractivity contribution in [1.29, 1.82) is 0 Å². The van der Waals surface area contributed by atoms with Gasteiger partial charge in [-0.25, -0.2) is 0 Å². The quantitative estimate of drug-likeness (QED) is 0.800. The lowest BCUT2D eigenvalue weighted by atomic mass is 10.1. The molecule has 0 saturated carbocycles. The van der Waals surface area contributed by atoms with Crippen LogP contribution in [-0.2, 0) is 7.05 Å². The predicted octanol–water partition coefficient (Wildman–Crippen LogP) is 3.18. The highest BCUT2D eigenvalue weighted by Crippen LogP contribution is 2.21. The van der Waals surface area contributed by atoms with E-state index in [1.807, 2.05) is 58.3 Å². The van der Waals surface area contributed by atoms with Crippen LogP contribution >= 0.6 is 0 Å². The van der Waals surface area contributed by atoms with Gasteiger partial charge >= 0.3 is 0 Å². The first-order chi connectivity index (χ1) is 11.4. The molecule has 0 saturated heterocycles. The highest BCUT2D eigenvalue weighted by Gasteiger charge is 2.18. The van der Waals surface area contributed by atoms with Crippen molar-refractivity contribution in [2.24, 2.45) is 7.05 Å². The number of aryl methyl sites for hydroxylation is 3. The molecule has 0 aliphatic heterocycles. The number of nitrogens with one attached hydrogen (secondary N) is 1. The van der Waals surface area contributed by atoms with Crippen LogP contribution in [0.4, 0.5) is 0 Å². The van der Waals surface area contributed by atoms with Crippen molar-refractivity contribution in [3.8, 4) is 11.3 Å². The molecule has 0 aliphatic carbocycles. The Balaban J connectivity index is 1.74. The maximum Gasteiger partial charge on any atom is 0.273 e. The molecule has 1 atom stereocenters. The standard InChI is InChI=1S/C18H20N4O2/c1-11-5-7-14(8-6-11)17-9-16(21-24-17)18(23)19-12(2)15-10-22(4)20-13(15)3/h5-10,12H,1-4H3,(H,19,23)/t12-/m1/s1. The van der Waals surface area contributed by atoms with E-state index >= 15 is 0 Å². The molecule has 1 aromatic carbocycles. The molecular formula is C18H20N4O2. The average Bonchev–Trinajstić information content (AvgIpc) is 3.14. The van der Waals surface area contributed by atoms with Crippen LogP contribution in [-0.4, -0.2) is 20.8 Å². The molecular weight excluding hydrogens is 304 g/mol. The Hall–Kier alpha value is -2.89. The summed E-state index contributed by atoms with van der Waals surface area (Å²) in [5, 5.41) is 11.1. The molecule has 6 heteroatoms. The van der Waals surface area contributed by atoms with Crippen LogP contribution < -0.4 is 5.32 Å². The second-order valence-electron chi connectivity index (χ2n) is 5.98. The molecule has 2 aromatic heterocycles. The summed E-state index contributed by atoms with van der Waals surface area (Å²) in [7, 11) is 1.86. The molecule has 6 nitrogen and oxygen atoms in total. The fraction of sp³-hybridized carbons (Fsp3) is 0.278. The van der Waals surface area contributed by atoms with Crippen LogP contribution in [0.5, 0.6) is 0 Å². The molecule has 3 rings (SSSR count). The second kappa shape index (κ2) is 6.31. The van der Waals surface area contributed by atoms with E-state index in [4.69, 9.17) is 4.52 Å². The zero-order valence-corrected chi connectivity index (χ0v) is 14.2. The zero-order chi connectivity index (χ0) is 17.3. The third kappa shape index (κ3) is 3.22. The van der Waals surface area contributed by atoms with E-state index in [9.17, 15) is 4.79 Å². The van der Waals surface area contributed by atoms with Gasteiger partial charge in [0, 0.05) is 30.4 Å². The zero-order valence-electron chi connectivity index (χ0n) is 14.2. The molecule has 0 unspecified atom stereocenters. The van der Waals surface area contributed by atoms with E-state index in [0.29, 0.717) is 5.76 Å². The number of rotatable bonds is 4. The second-order valence-corrected chi connectivity index (χ2v) is 5.98. The van der Waals surface area contributed by atoms with Gasteiger partial charge in [-0.3, -0.25) is 9.48 Å². The average molecular weight is 324 g/mol. The monoisotopic (exact) mass is 324 g/mol. The molecule has 0 radical (unpaired) electrons. The maximum absolute atomic E-state index is 12.4. The van der Waals surface area contributed by atoms with Gasteiger partial charge in [-0.2, -0.15) is 5.10 Å². The van der Waals surface area contributed by atoms with Gasteiger partial charge in [-0.15, -0.1) is 0 Å². The van der Waals surface area contributed by atoms with Crippen LogP contribution in [0.2, 0.25) is 0 Å². The fourth-order valence-corrected chi connectivity index (χ4v) is 2.63. The summed E-state index contributed by atoms with van der Waals surface area (Å²) in [4.78, 5) is 12.4. The lowest BCUT2D eigenvalue weighted by Gasteiger charge is -2.11. The summed E-state index contributed by atoms with van der Waals surface area (Å²) >= 11 is 0. The van der Waals surface area contributed by atoms with E-state index in [0.717, 1.165) is 22.4 Å². The minimum absolute atomic E-state index is 0.161. The molecule has 24 heavy (non-hydrogen) atoms. The molecule has 0 aliphatic rings. The summed E-state index contributed by atoms with van der Waals surface area (Å²) in [5.74, 6) is 0.304. The number of carbonyl (C=O) groups excluding carboxylic acids is 1. The van der Waals surface area contributed by atoms with Gasteiger partial charge in [0.15, 0.2) is 11.5 Å².